The molecule has 1 nitrogen and oxygen atoms in total. The summed E-state index contributed by atoms with van der Waals surface area (Å²) in [6, 6.07) is 9.88. The van der Waals surface area contributed by atoms with Gasteiger partial charge in [-0.05, 0) is 18.6 Å². The summed E-state index contributed by atoms with van der Waals surface area (Å²) < 4.78 is 0.800. The Labute approximate surface area is 80.9 Å². The predicted molar refractivity (Wildman–Crippen MR) is 55.0 cm³/mol. The average molecular weight is 227 g/mol. The summed E-state index contributed by atoms with van der Waals surface area (Å²) in [5, 5.41) is 9.17. The molecule has 12 heavy (non-hydrogen) atoms. The molecule has 1 N–H and O–H groups in total. The molecule has 0 saturated carbocycles. The monoisotopic (exact) mass is 226 g/mol. The highest BCUT2D eigenvalue weighted by Gasteiger charge is 1.98. The number of aliphatic hydroxyl groups excluding tert-OH is 1. The van der Waals surface area contributed by atoms with Crippen molar-refractivity contribution in [2.75, 3.05) is 0 Å². The van der Waals surface area contributed by atoms with Crippen LogP contribution in [0.4, 0.5) is 0 Å². The normalized spacial score (nSPS) is 14.4. The van der Waals surface area contributed by atoms with E-state index in [-0.39, 0.29) is 0 Å². The van der Waals surface area contributed by atoms with E-state index in [4.69, 9.17) is 5.11 Å². The lowest BCUT2D eigenvalue weighted by Gasteiger charge is -2.01. The van der Waals surface area contributed by atoms with E-state index in [9.17, 15) is 0 Å². The van der Waals surface area contributed by atoms with Crippen molar-refractivity contribution in [1.82, 2.24) is 0 Å². The average Bonchev–Trinajstić information content (AvgIpc) is 2.06. The summed E-state index contributed by atoms with van der Waals surface area (Å²) in [6.07, 6.45) is 1.47. The largest absolute Gasteiger partial charge is 0.388 e. The van der Waals surface area contributed by atoms with Crippen molar-refractivity contribution in [3.8, 4) is 0 Å². The van der Waals surface area contributed by atoms with Gasteiger partial charge < -0.3 is 5.11 Å². The lowest BCUT2D eigenvalue weighted by molar-refractivity contribution is 0.242. The Hall–Kier alpha value is -0.600. The highest BCUT2D eigenvalue weighted by atomic mass is 79.9. The zero-order chi connectivity index (χ0) is 8.97. The highest BCUT2D eigenvalue weighted by molar-refractivity contribution is 9.11. The third kappa shape index (κ3) is 2.80. The van der Waals surface area contributed by atoms with Crippen LogP contribution in [0.15, 0.2) is 34.8 Å². The first-order valence-corrected chi connectivity index (χ1v) is 4.59. The van der Waals surface area contributed by atoms with Crippen molar-refractivity contribution >= 4 is 22.0 Å². The molecular weight excluding hydrogens is 216 g/mol. The van der Waals surface area contributed by atoms with Gasteiger partial charge in [0.2, 0.25) is 0 Å². The van der Waals surface area contributed by atoms with E-state index < -0.39 is 6.10 Å². The van der Waals surface area contributed by atoms with E-state index in [2.05, 4.69) is 15.9 Å². The highest BCUT2D eigenvalue weighted by Crippen LogP contribution is 2.15. The van der Waals surface area contributed by atoms with Gasteiger partial charge in [-0.25, -0.2) is 0 Å². The minimum Gasteiger partial charge on any atom is -0.388 e. The lowest BCUT2D eigenvalue weighted by atomic mass is 10.2. The number of hydrogen-bond donors (Lipinski definition) is 1. The smallest absolute Gasteiger partial charge is 0.0826 e. The molecule has 1 atom stereocenters. The molecule has 0 radical (unpaired) electrons. The van der Waals surface area contributed by atoms with Gasteiger partial charge in [0, 0.05) is 4.48 Å². The van der Waals surface area contributed by atoms with E-state index in [1.165, 1.54) is 0 Å². The molecule has 0 fully saturated rings. The van der Waals surface area contributed by atoms with Crippen LogP contribution in [0.3, 0.4) is 0 Å². The SMILES string of the molecule is CC(O)/C(Br)=C/c1ccccc1. The van der Waals surface area contributed by atoms with Gasteiger partial charge in [0.1, 0.15) is 0 Å². The number of rotatable bonds is 2. The topological polar surface area (TPSA) is 20.2 Å². The Morgan fingerprint density at radius 2 is 2.00 bits per heavy atom. The van der Waals surface area contributed by atoms with Crippen molar-refractivity contribution in [3.63, 3.8) is 0 Å². The summed E-state index contributed by atoms with van der Waals surface area (Å²) in [6.45, 7) is 1.73. The minimum atomic E-state index is -0.440. The molecule has 1 aromatic rings. The molecule has 1 aromatic carbocycles. The van der Waals surface area contributed by atoms with E-state index in [1.807, 2.05) is 36.4 Å². The number of benzene rings is 1. The summed E-state index contributed by atoms with van der Waals surface area (Å²) in [5.41, 5.74) is 1.09. The van der Waals surface area contributed by atoms with E-state index in [0.29, 0.717) is 0 Å². The molecule has 0 aromatic heterocycles. The van der Waals surface area contributed by atoms with Gasteiger partial charge in [-0.15, -0.1) is 0 Å². The van der Waals surface area contributed by atoms with Gasteiger partial charge in [0.05, 0.1) is 6.10 Å². The third-order valence-corrected chi connectivity index (χ3v) is 2.39. The number of hydrogen-bond acceptors (Lipinski definition) is 1. The van der Waals surface area contributed by atoms with E-state index >= 15 is 0 Å². The molecule has 0 spiro atoms. The first-order valence-electron chi connectivity index (χ1n) is 3.80. The molecule has 0 aliphatic heterocycles. The van der Waals surface area contributed by atoms with Crippen molar-refractivity contribution in [1.29, 1.82) is 0 Å². The van der Waals surface area contributed by atoms with E-state index in [1.54, 1.807) is 6.92 Å². The van der Waals surface area contributed by atoms with Crippen LogP contribution in [0.2, 0.25) is 0 Å². The second kappa shape index (κ2) is 4.43. The van der Waals surface area contributed by atoms with Crippen LogP contribution in [-0.4, -0.2) is 11.2 Å². The van der Waals surface area contributed by atoms with Crippen molar-refractivity contribution in [2.24, 2.45) is 0 Å². The maximum absolute atomic E-state index is 9.17. The Morgan fingerprint density at radius 1 is 1.42 bits per heavy atom. The summed E-state index contributed by atoms with van der Waals surface area (Å²) >= 11 is 3.29. The van der Waals surface area contributed by atoms with Crippen molar-refractivity contribution < 1.29 is 5.11 Å². The Kier molecular flexibility index (Phi) is 3.50. The fourth-order valence-corrected chi connectivity index (χ4v) is 1.09. The molecule has 0 saturated heterocycles. The summed E-state index contributed by atoms with van der Waals surface area (Å²) in [5.74, 6) is 0. The fraction of sp³-hybridized carbons (Fsp3) is 0.200. The number of aliphatic hydroxyl groups is 1. The Bertz CT molecular complexity index is 264. The van der Waals surface area contributed by atoms with Crippen LogP contribution >= 0.6 is 15.9 Å². The number of halogens is 1. The van der Waals surface area contributed by atoms with Gasteiger partial charge in [0.15, 0.2) is 0 Å². The van der Waals surface area contributed by atoms with Gasteiger partial charge in [-0.3, -0.25) is 0 Å². The van der Waals surface area contributed by atoms with Crippen LogP contribution in [0.5, 0.6) is 0 Å². The van der Waals surface area contributed by atoms with Crippen LogP contribution in [-0.2, 0) is 0 Å². The molecule has 0 bridgehead atoms. The maximum atomic E-state index is 9.17. The van der Waals surface area contributed by atoms with Crippen LogP contribution in [0.25, 0.3) is 6.08 Å². The molecule has 1 rings (SSSR count). The summed E-state index contributed by atoms with van der Waals surface area (Å²) in [4.78, 5) is 0. The predicted octanol–water partition coefficient (Wildman–Crippen LogP) is 2.80. The molecule has 2 heteroatoms. The van der Waals surface area contributed by atoms with Crippen LogP contribution in [0, 0.1) is 0 Å². The lowest BCUT2D eigenvalue weighted by Crippen LogP contribution is -1.97. The molecule has 0 amide bonds. The molecule has 64 valence electrons. The minimum absolute atomic E-state index is 0.440. The summed E-state index contributed by atoms with van der Waals surface area (Å²) in [7, 11) is 0. The van der Waals surface area contributed by atoms with Gasteiger partial charge in [-0.2, -0.15) is 0 Å². The zero-order valence-electron chi connectivity index (χ0n) is 6.87. The standard InChI is InChI=1S/C10H11BrO/c1-8(12)10(11)7-9-5-3-2-4-6-9/h2-8,12H,1H3/b10-7-. The maximum Gasteiger partial charge on any atom is 0.0826 e. The van der Waals surface area contributed by atoms with Gasteiger partial charge in [-0.1, -0.05) is 46.3 Å². The Balaban J connectivity index is 2.81. The van der Waals surface area contributed by atoms with Gasteiger partial charge in [0.25, 0.3) is 0 Å². The molecule has 0 aliphatic rings. The second-order valence-corrected chi connectivity index (χ2v) is 3.53. The molecular formula is C10H11BrO. The van der Waals surface area contributed by atoms with Gasteiger partial charge >= 0.3 is 0 Å². The molecule has 0 heterocycles. The molecule has 0 aliphatic carbocycles. The second-order valence-electron chi connectivity index (χ2n) is 2.62. The van der Waals surface area contributed by atoms with E-state index in [0.717, 1.165) is 10.0 Å². The molecule has 1 unspecified atom stereocenters. The Morgan fingerprint density at radius 3 is 2.50 bits per heavy atom. The first-order chi connectivity index (χ1) is 5.70. The first kappa shape index (κ1) is 9.49. The quantitative estimate of drug-likeness (QED) is 0.823. The fourth-order valence-electron chi connectivity index (χ4n) is 0.829. The van der Waals surface area contributed by atoms with Crippen LogP contribution in [0.1, 0.15) is 12.5 Å². The van der Waals surface area contributed by atoms with Crippen LogP contribution < -0.4 is 0 Å². The van der Waals surface area contributed by atoms with Crippen molar-refractivity contribution in [3.05, 3.63) is 40.4 Å². The third-order valence-electron chi connectivity index (χ3n) is 1.50. The zero-order valence-corrected chi connectivity index (χ0v) is 8.45. The van der Waals surface area contributed by atoms with Crippen molar-refractivity contribution in [2.45, 2.75) is 13.0 Å².